The van der Waals surface area contributed by atoms with Gasteiger partial charge in [-0.1, -0.05) is 43.5 Å². The average molecular weight is 526 g/mol. The van der Waals surface area contributed by atoms with Crippen molar-refractivity contribution in [3.8, 4) is 5.75 Å². The van der Waals surface area contributed by atoms with Crippen LogP contribution in [0.25, 0.3) is 0 Å². The van der Waals surface area contributed by atoms with Gasteiger partial charge in [-0.3, -0.25) is 9.59 Å². The van der Waals surface area contributed by atoms with E-state index in [1.165, 1.54) is 17.0 Å². The first-order chi connectivity index (χ1) is 15.4. The maximum atomic E-state index is 13.4. The van der Waals surface area contributed by atoms with Crippen LogP contribution in [0.5, 0.6) is 5.75 Å². The molecular formula is C24H27BrClFN2O3. The highest BCUT2D eigenvalue weighted by molar-refractivity contribution is 9.10. The molecule has 2 aromatic rings. The van der Waals surface area contributed by atoms with E-state index >= 15 is 0 Å². The summed E-state index contributed by atoms with van der Waals surface area (Å²) in [6.45, 7) is 1.82. The van der Waals surface area contributed by atoms with Crippen LogP contribution in [0.2, 0.25) is 5.02 Å². The Bertz CT molecular complexity index is 935. The molecule has 0 unspecified atom stereocenters. The first-order valence-electron chi connectivity index (χ1n) is 10.8. The molecule has 2 amide bonds. The summed E-state index contributed by atoms with van der Waals surface area (Å²) in [7, 11) is 0. The molecule has 32 heavy (non-hydrogen) atoms. The third-order valence-corrected chi connectivity index (χ3v) is 6.45. The number of amides is 2. The predicted octanol–water partition coefficient (Wildman–Crippen LogP) is 5.49. The van der Waals surface area contributed by atoms with Crippen LogP contribution in [-0.2, 0) is 16.1 Å². The zero-order valence-corrected chi connectivity index (χ0v) is 20.3. The fraction of sp³-hybridized carbons (Fsp3) is 0.417. The lowest BCUT2D eigenvalue weighted by atomic mass is 10.1. The van der Waals surface area contributed by atoms with E-state index < -0.39 is 6.04 Å². The molecule has 8 heteroatoms. The van der Waals surface area contributed by atoms with Crippen molar-refractivity contribution in [3.63, 3.8) is 0 Å². The quantitative estimate of drug-likeness (QED) is 0.471. The van der Waals surface area contributed by atoms with Crippen LogP contribution in [0.15, 0.2) is 46.9 Å². The molecule has 1 aliphatic carbocycles. The first-order valence-corrected chi connectivity index (χ1v) is 12.0. The Morgan fingerprint density at radius 2 is 1.91 bits per heavy atom. The van der Waals surface area contributed by atoms with E-state index in [2.05, 4.69) is 21.2 Å². The number of carbonyl (C=O) groups excluding carboxylic acids is 2. The topological polar surface area (TPSA) is 58.6 Å². The van der Waals surface area contributed by atoms with Crippen LogP contribution >= 0.6 is 27.5 Å². The molecular weight excluding hydrogens is 499 g/mol. The average Bonchev–Trinajstić information content (AvgIpc) is 3.27. The third kappa shape index (κ3) is 6.69. The number of ether oxygens (including phenoxy) is 1. The highest BCUT2D eigenvalue weighted by atomic mass is 79.9. The summed E-state index contributed by atoms with van der Waals surface area (Å²) in [4.78, 5) is 27.8. The third-order valence-electron chi connectivity index (χ3n) is 5.60. The van der Waals surface area contributed by atoms with Crippen LogP contribution < -0.4 is 10.1 Å². The Morgan fingerprint density at radius 1 is 1.22 bits per heavy atom. The Labute approximate surface area is 201 Å². The van der Waals surface area contributed by atoms with Gasteiger partial charge in [-0.15, -0.1) is 0 Å². The summed E-state index contributed by atoms with van der Waals surface area (Å²) in [6, 6.07) is 10.5. The number of halogens is 3. The minimum atomic E-state index is -0.648. The van der Waals surface area contributed by atoms with Crippen molar-refractivity contribution in [2.24, 2.45) is 0 Å². The number of carbonyl (C=O) groups is 2. The highest BCUT2D eigenvalue weighted by Crippen LogP contribution is 2.28. The van der Waals surface area contributed by atoms with Crippen molar-refractivity contribution >= 4 is 39.3 Å². The second kappa shape index (κ2) is 11.7. The molecule has 1 atom stereocenters. The van der Waals surface area contributed by atoms with Crippen LogP contribution in [0.4, 0.5) is 4.39 Å². The molecule has 2 aromatic carbocycles. The Hall–Kier alpha value is -2.12. The first kappa shape index (κ1) is 24.5. The van der Waals surface area contributed by atoms with Crippen molar-refractivity contribution in [1.82, 2.24) is 10.2 Å². The predicted molar refractivity (Wildman–Crippen MR) is 126 cm³/mol. The van der Waals surface area contributed by atoms with Gasteiger partial charge in [0.15, 0.2) is 6.61 Å². The molecule has 0 spiro atoms. The largest absolute Gasteiger partial charge is 0.483 e. The van der Waals surface area contributed by atoms with Gasteiger partial charge < -0.3 is 15.0 Å². The monoisotopic (exact) mass is 524 g/mol. The van der Waals surface area contributed by atoms with Gasteiger partial charge in [0.2, 0.25) is 5.91 Å². The van der Waals surface area contributed by atoms with E-state index in [4.69, 9.17) is 16.3 Å². The van der Waals surface area contributed by atoms with Crippen molar-refractivity contribution < 1.29 is 18.7 Å². The molecule has 172 valence electrons. The molecule has 0 heterocycles. The summed E-state index contributed by atoms with van der Waals surface area (Å²) in [5.41, 5.74) is 0.736. The fourth-order valence-corrected chi connectivity index (χ4v) is 4.69. The van der Waals surface area contributed by atoms with E-state index in [9.17, 15) is 14.0 Å². The maximum Gasteiger partial charge on any atom is 0.261 e. The second-order valence-electron chi connectivity index (χ2n) is 7.93. The van der Waals surface area contributed by atoms with Gasteiger partial charge in [0, 0.05) is 17.6 Å². The molecule has 1 N–H and O–H groups in total. The molecule has 0 bridgehead atoms. The summed E-state index contributed by atoms with van der Waals surface area (Å²) >= 11 is 9.34. The summed E-state index contributed by atoms with van der Waals surface area (Å²) in [6.07, 6.45) is 4.58. The van der Waals surface area contributed by atoms with E-state index in [1.807, 2.05) is 6.92 Å². The van der Waals surface area contributed by atoms with Gasteiger partial charge in [0.25, 0.3) is 5.91 Å². The van der Waals surface area contributed by atoms with E-state index in [-0.39, 0.29) is 36.8 Å². The summed E-state index contributed by atoms with van der Waals surface area (Å²) in [5.74, 6) is -0.367. The number of benzene rings is 2. The molecule has 0 radical (unpaired) electrons. The van der Waals surface area contributed by atoms with Crippen molar-refractivity contribution in [1.29, 1.82) is 0 Å². The van der Waals surface area contributed by atoms with Gasteiger partial charge in [0.1, 0.15) is 17.6 Å². The zero-order valence-electron chi connectivity index (χ0n) is 18.0. The highest BCUT2D eigenvalue weighted by Gasteiger charge is 2.31. The molecule has 0 aromatic heterocycles. The van der Waals surface area contributed by atoms with Crippen LogP contribution in [-0.4, -0.2) is 35.4 Å². The van der Waals surface area contributed by atoms with Crippen molar-refractivity contribution in [2.45, 2.75) is 57.7 Å². The number of hydrogen-bond donors (Lipinski definition) is 1. The lowest BCUT2D eigenvalue weighted by Crippen LogP contribution is -2.52. The molecule has 0 aliphatic heterocycles. The van der Waals surface area contributed by atoms with Crippen LogP contribution in [0.3, 0.4) is 0 Å². The number of hydrogen-bond acceptors (Lipinski definition) is 3. The smallest absolute Gasteiger partial charge is 0.261 e. The summed E-state index contributed by atoms with van der Waals surface area (Å²) < 4.78 is 19.7. The summed E-state index contributed by atoms with van der Waals surface area (Å²) in [5, 5.41) is 3.64. The molecule has 5 nitrogen and oxygen atoms in total. The lowest BCUT2D eigenvalue weighted by molar-refractivity contribution is -0.143. The number of nitrogens with zero attached hydrogens (tertiary/aromatic N) is 1. The van der Waals surface area contributed by atoms with Gasteiger partial charge in [-0.05, 0) is 71.1 Å². The van der Waals surface area contributed by atoms with Crippen molar-refractivity contribution in [3.05, 3.63) is 63.3 Å². The van der Waals surface area contributed by atoms with Crippen molar-refractivity contribution in [2.75, 3.05) is 6.61 Å². The van der Waals surface area contributed by atoms with E-state index in [0.717, 1.165) is 31.2 Å². The Morgan fingerprint density at radius 3 is 2.53 bits per heavy atom. The second-order valence-corrected chi connectivity index (χ2v) is 9.22. The van der Waals surface area contributed by atoms with Gasteiger partial charge in [-0.25, -0.2) is 4.39 Å². The fourth-order valence-electron chi connectivity index (χ4n) is 3.89. The number of rotatable bonds is 9. The van der Waals surface area contributed by atoms with Crippen LogP contribution in [0, 0.1) is 5.82 Å². The van der Waals surface area contributed by atoms with Gasteiger partial charge in [-0.2, -0.15) is 0 Å². The molecule has 3 rings (SSSR count). The standard InChI is InChI=1S/C24H27BrClFN2O3/c1-2-21(24(31)28-19-5-3-4-6-19)29(14-16-7-10-18(27)11-8-16)23(30)15-32-22-12-9-17(26)13-20(22)25/h7-13,19,21H,2-6,14-15H2,1H3,(H,28,31)/t21-/m0/s1. The Kier molecular flexibility index (Phi) is 8.93. The number of nitrogens with one attached hydrogen (secondary N) is 1. The molecule has 1 saturated carbocycles. The van der Waals surface area contributed by atoms with Gasteiger partial charge in [0.05, 0.1) is 4.47 Å². The SMILES string of the molecule is CC[C@@H](C(=O)NC1CCCC1)N(Cc1ccc(F)cc1)C(=O)COc1ccc(Cl)cc1Br. The maximum absolute atomic E-state index is 13.4. The lowest BCUT2D eigenvalue weighted by Gasteiger charge is -2.31. The Balaban J connectivity index is 1.76. The minimum Gasteiger partial charge on any atom is -0.483 e. The molecule has 1 aliphatic rings. The van der Waals surface area contributed by atoms with Gasteiger partial charge >= 0.3 is 0 Å². The normalized spacial score (nSPS) is 14.8. The van der Waals surface area contributed by atoms with Crippen LogP contribution in [0.1, 0.15) is 44.6 Å². The zero-order chi connectivity index (χ0) is 23.1. The minimum absolute atomic E-state index is 0.153. The van der Waals surface area contributed by atoms with E-state index in [0.29, 0.717) is 21.7 Å². The molecule has 0 saturated heterocycles. The van der Waals surface area contributed by atoms with E-state index in [1.54, 1.807) is 30.3 Å². The molecule has 1 fully saturated rings.